The van der Waals surface area contributed by atoms with Gasteiger partial charge in [0.2, 0.25) is 5.91 Å². The average Bonchev–Trinajstić information content (AvgIpc) is 2.26. The van der Waals surface area contributed by atoms with Gasteiger partial charge in [-0.25, -0.2) is 0 Å². The molecule has 1 aromatic carbocycles. The van der Waals surface area contributed by atoms with E-state index in [1.165, 1.54) is 0 Å². The van der Waals surface area contributed by atoms with Crippen molar-refractivity contribution in [1.82, 2.24) is 0 Å². The van der Waals surface area contributed by atoms with Crippen LogP contribution >= 0.6 is 11.6 Å². The van der Waals surface area contributed by atoms with Crippen LogP contribution in [0.15, 0.2) is 29.4 Å². The van der Waals surface area contributed by atoms with Crippen molar-refractivity contribution in [2.24, 2.45) is 16.8 Å². The van der Waals surface area contributed by atoms with Crippen molar-refractivity contribution < 1.29 is 4.79 Å². The predicted molar refractivity (Wildman–Crippen MR) is 61.9 cm³/mol. The Morgan fingerprint density at radius 2 is 2.12 bits per heavy atom. The Balaban J connectivity index is 2.71. The van der Waals surface area contributed by atoms with Gasteiger partial charge in [0.05, 0.1) is 0 Å². The molecule has 0 aliphatic heterocycles. The molecule has 0 fully saturated rings. The van der Waals surface area contributed by atoms with E-state index in [0.29, 0.717) is 11.4 Å². The van der Waals surface area contributed by atoms with Crippen molar-refractivity contribution in [3.63, 3.8) is 0 Å². The smallest absolute Gasteiger partial charge is 0.220 e. The topological polar surface area (TPSA) is 91.8 Å². The summed E-state index contributed by atoms with van der Waals surface area (Å²) in [4.78, 5) is 13.7. The minimum atomic E-state index is -0.475. The fourth-order valence-electron chi connectivity index (χ4n) is 1.30. The average molecular weight is 239 g/mol. The molecule has 0 saturated heterocycles. The zero-order valence-electron chi connectivity index (χ0n) is 8.51. The number of hydrogen-bond donors (Lipinski definition) is 1. The summed E-state index contributed by atoms with van der Waals surface area (Å²) in [6.07, 6.45) is 0.450. The summed E-state index contributed by atoms with van der Waals surface area (Å²) < 4.78 is 0. The highest BCUT2D eigenvalue weighted by Gasteiger charge is 2.14. The molecule has 0 aromatic heterocycles. The lowest BCUT2D eigenvalue weighted by molar-refractivity contribution is -0.121. The summed E-state index contributed by atoms with van der Waals surface area (Å²) in [5, 5.41) is 3.99. The third-order valence-corrected chi connectivity index (χ3v) is 2.41. The number of rotatable bonds is 5. The maximum Gasteiger partial charge on any atom is 0.220 e. The van der Waals surface area contributed by atoms with Crippen molar-refractivity contribution in [1.29, 1.82) is 0 Å². The van der Waals surface area contributed by atoms with Crippen molar-refractivity contribution in [3.8, 4) is 0 Å². The highest BCUT2D eigenvalue weighted by molar-refractivity contribution is 6.30. The molecule has 84 valence electrons. The predicted octanol–water partition coefficient (Wildman–Crippen LogP) is 2.29. The van der Waals surface area contributed by atoms with Crippen LogP contribution in [0.25, 0.3) is 10.4 Å². The number of carbonyl (C=O) groups is 1. The number of amides is 1. The molecule has 1 atom stereocenters. The first-order valence-electron chi connectivity index (χ1n) is 4.68. The van der Waals surface area contributed by atoms with Gasteiger partial charge in [-0.05, 0) is 29.6 Å². The second-order valence-corrected chi connectivity index (χ2v) is 3.78. The van der Waals surface area contributed by atoms with E-state index in [1.54, 1.807) is 12.1 Å². The molecule has 0 aliphatic carbocycles. The number of azide groups is 1. The molecule has 2 N–H and O–H groups in total. The molecular formula is C10H11ClN4O. The first kappa shape index (κ1) is 12.4. The van der Waals surface area contributed by atoms with Gasteiger partial charge in [0.15, 0.2) is 0 Å². The molecule has 0 spiro atoms. The lowest BCUT2D eigenvalue weighted by atomic mass is 9.99. The highest BCUT2D eigenvalue weighted by Crippen LogP contribution is 2.13. The maximum atomic E-state index is 11.1. The highest BCUT2D eigenvalue weighted by atomic mass is 35.5. The summed E-state index contributed by atoms with van der Waals surface area (Å²) in [5.41, 5.74) is 14.3. The lowest BCUT2D eigenvalue weighted by Gasteiger charge is -2.10. The van der Waals surface area contributed by atoms with E-state index in [0.717, 1.165) is 5.56 Å². The standard InChI is InChI=1S/C10H11ClN4O/c11-9-3-1-7(2-4-9)5-8(10(12)16)6-14-15-13/h1-4,8H,5-6H2,(H2,12,16)/t8-/m0/s1. The van der Waals surface area contributed by atoms with E-state index in [4.69, 9.17) is 22.9 Å². The fraction of sp³-hybridized carbons (Fsp3) is 0.300. The Morgan fingerprint density at radius 3 is 2.62 bits per heavy atom. The maximum absolute atomic E-state index is 11.1. The molecule has 0 bridgehead atoms. The Labute approximate surface area is 97.8 Å². The van der Waals surface area contributed by atoms with E-state index in [2.05, 4.69) is 10.0 Å². The molecule has 1 rings (SSSR count). The minimum absolute atomic E-state index is 0.0778. The van der Waals surface area contributed by atoms with Gasteiger partial charge in [0.25, 0.3) is 0 Å². The van der Waals surface area contributed by atoms with Crippen LogP contribution in [-0.2, 0) is 11.2 Å². The van der Waals surface area contributed by atoms with Gasteiger partial charge >= 0.3 is 0 Å². The molecule has 0 heterocycles. The Bertz CT molecular complexity index is 411. The Kier molecular flexibility index (Phi) is 4.64. The Hall–Kier alpha value is -1.71. The van der Waals surface area contributed by atoms with Crippen LogP contribution in [0.3, 0.4) is 0 Å². The first-order chi connectivity index (χ1) is 7.63. The quantitative estimate of drug-likeness (QED) is 0.476. The molecule has 16 heavy (non-hydrogen) atoms. The third kappa shape index (κ3) is 3.81. The van der Waals surface area contributed by atoms with Gasteiger partial charge in [-0.1, -0.05) is 28.8 Å². The summed E-state index contributed by atoms with van der Waals surface area (Å²) in [7, 11) is 0. The fourth-order valence-corrected chi connectivity index (χ4v) is 1.42. The minimum Gasteiger partial charge on any atom is -0.369 e. The molecule has 0 radical (unpaired) electrons. The van der Waals surface area contributed by atoms with Crippen LogP contribution in [0, 0.1) is 5.92 Å². The SMILES string of the molecule is [N-]=[N+]=NC[C@H](Cc1ccc(Cl)cc1)C(N)=O. The van der Waals surface area contributed by atoms with Crippen LogP contribution in [0.1, 0.15) is 5.56 Å². The van der Waals surface area contributed by atoms with Crippen LogP contribution in [-0.4, -0.2) is 12.5 Å². The monoisotopic (exact) mass is 238 g/mol. The van der Waals surface area contributed by atoms with E-state index in [-0.39, 0.29) is 6.54 Å². The normalized spacial score (nSPS) is 11.6. The second-order valence-electron chi connectivity index (χ2n) is 3.34. The van der Waals surface area contributed by atoms with Gasteiger partial charge in [-0.15, -0.1) is 0 Å². The van der Waals surface area contributed by atoms with Crippen molar-refractivity contribution in [3.05, 3.63) is 45.3 Å². The molecule has 1 amide bonds. The van der Waals surface area contributed by atoms with Crippen molar-refractivity contribution in [2.75, 3.05) is 6.54 Å². The molecular weight excluding hydrogens is 228 g/mol. The summed E-state index contributed by atoms with van der Waals surface area (Å²) in [6, 6.07) is 7.10. The molecule has 1 aromatic rings. The largest absolute Gasteiger partial charge is 0.369 e. The van der Waals surface area contributed by atoms with Gasteiger partial charge in [-0.2, -0.15) is 0 Å². The molecule has 0 unspecified atom stereocenters. The van der Waals surface area contributed by atoms with Gasteiger partial charge in [0.1, 0.15) is 0 Å². The van der Waals surface area contributed by atoms with Gasteiger partial charge < -0.3 is 5.73 Å². The van der Waals surface area contributed by atoms with E-state index < -0.39 is 11.8 Å². The number of halogens is 1. The number of nitrogens with two attached hydrogens (primary N) is 1. The van der Waals surface area contributed by atoms with E-state index >= 15 is 0 Å². The number of carbonyl (C=O) groups excluding carboxylic acids is 1. The zero-order valence-corrected chi connectivity index (χ0v) is 9.26. The number of nitrogens with zero attached hydrogens (tertiary/aromatic N) is 3. The van der Waals surface area contributed by atoms with Gasteiger partial charge in [-0.3, -0.25) is 4.79 Å². The summed E-state index contributed by atoms with van der Waals surface area (Å²) >= 11 is 5.74. The molecule has 0 saturated carbocycles. The van der Waals surface area contributed by atoms with Crippen LogP contribution in [0.5, 0.6) is 0 Å². The number of primary amides is 1. The number of hydrogen-bond acceptors (Lipinski definition) is 2. The van der Waals surface area contributed by atoms with E-state index in [9.17, 15) is 4.79 Å². The van der Waals surface area contributed by atoms with E-state index in [1.807, 2.05) is 12.1 Å². The summed E-state index contributed by atoms with van der Waals surface area (Å²) in [5.74, 6) is -0.945. The van der Waals surface area contributed by atoms with Crippen molar-refractivity contribution >= 4 is 17.5 Å². The second kappa shape index (κ2) is 6.00. The Morgan fingerprint density at radius 1 is 1.50 bits per heavy atom. The number of benzene rings is 1. The zero-order chi connectivity index (χ0) is 12.0. The molecule has 6 heteroatoms. The van der Waals surface area contributed by atoms with Crippen LogP contribution in [0.4, 0.5) is 0 Å². The van der Waals surface area contributed by atoms with Crippen LogP contribution in [0.2, 0.25) is 5.02 Å². The van der Waals surface area contributed by atoms with Crippen molar-refractivity contribution in [2.45, 2.75) is 6.42 Å². The first-order valence-corrected chi connectivity index (χ1v) is 5.06. The van der Waals surface area contributed by atoms with Gasteiger partial charge in [0, 0.05) is 22.4 Å². The third-order valence-electron chi connectivity index (χ3n) is 2.16. The van der Waals surface area contributed by atoms with Crippen LogP contribution < -0.4 is 5.73 Å². The summed E-state index contributed by atoms with van der Waals surface area (Å²) in [6.45, 7) is 0.0778. The molecule has 5 nitrogen and oxygen atoms in total. The lowest BCUT2D eigenvalue weighted by Crippen LogP contribution is -2.27. The molecule has 0 aliphatic rings.